The summed E-state index contributed by atoms with van der Waals surface area (Å²) in [7, 11) is 1.61. The van der Waals surface area contributed by atoms with Crippen LogP contribution in [0.1, 0.15) is 16.7 Å². The van der Waals surface area contributed by atoms with Gasteiger partial charge in [0.1, 0.15) is 11.5 Å². The number of carbonyl (C=O) groups is 1. The van der Waals surface area contributed by atoms with Crippen molar-refractivity contribution in [3.63, 3.8) is 0 Å². The summed E-state index contributed by atoms with van der Waals surface area (Å²) in [6.07, 6.45) is 0. The van der Waals surface area contributed by atoms with Crippen LogP contribution in [0.3, 0.4) is 0 Å². The second kappa shape index (κ2) is 8.29. The van der Waals surface area contributed by atoms with Crippen LogP contribution in [-0.2, 0) is 4.79 Å². The molecule has 3 aromatic rings. The molecule has 0 aliphatic carbocycles. The molecule has 6 heteroatoms. The SMILES string of the molecule is COc1ccc(N=NC2C(=O)N(c3ccc(C)cc3C)N=C2c2ccccc2)cc1. The van der Waals surface area contributed by atoms with Gasteiger partial charge in [-0.15, -0.1) is 0 Å². The van der Waals surface area contributed by atoms with Crippen LogP contribution in [0.15, 0.2) is 88.1 Å². The molecule has 3 aromatic carbocycles. The predicted molar refractivity (Wildman–Crippen MR) is 118 cm³/mol. The molecule has 6 nitrogen and oxygen atoms in total. The van der Waals surface area contributed by atoms with Crippen molar-refractivity contribution >= 4 is 23.0 Å². The number of azo groups is 1. The first-order valence-corrected chi connectivity index (χ1v) is 9.67. The van der Waals surface area contributed by atoms with E-state index in [2.05, 4.69) is 15.3 Å². The lowest BCUT2D eigenvalue weighted by atomic mass is 10.0. The zero-order valence-corrected chi connectivity index (χ0v) is 17.1. The molecule has 150 valence electrons. The number of methoxy groups -OCH3 is 1. The summed E-state index contributed by atoms with van der Waals surface area (Å²) in [5.74, 6) is 0.511. The largest absolute Gasteiger partial charge is 0.497 e. The van der Waals surface area contributed by atoms with Gasteiger partial charge in [0.15, 0.2) is 6.04 Å². The Morgan fingerprint density at radius 1 is 0.967 bits per heavy atom. The second-order valence-electron chi connectivity index (χ2n) is 7.11. The van der Waals surface area contributed by atoms with Gasteiger partial charge >= 0.3 is 0 Å². The van der Waals surface area contributed by atoms with Gasteiger partial charge < -0.3 is 4.74 Å². The van der Waals surface area contributed by atoms with Gasteiger partial charge in [-0.25, -0.2) is 0 Å². The highest BCUT2D eigenvalue weighted by Gasteiger charge is 2.38. The highest BCUT2D eigenvalue weighted by Crippen LogP contribution is 2.29. The molecule has 0 saturated carbocycles. The number of carbonyl (C=O) groups excluding carboxylic acids is 1. The van der Waals surface area contributed by atoms with Crippen LogP contribution in [0, 0.1) is 13.8 Å². The van der Waals surface area contributed by atoms with Crippen molar-refractivity contribution in [2.75, 3.05) is 12.1 Å². The van der Waals surface area contributed by atoms with Crippen molar-refractivity contribution in [2.24, 2.45) is 15.3 Å². The van der Waals surface area contributed by atoms with Crippen LogP contribution < -0.4 is 9.75 Å². The molecule has 1 amide bonds. The van der Waals surface area contributed by atoms with Crippen molar-refractivity contribution < 1.29 is 9.53 Å². The van der Waals surface area contributed by atoms with Crippen LogP contribution in [0.25, 0.3) is 0 Å². The molecule has 0 fully saturated rings. The van der Waals surface area contributed by atoms with E-state index in [0.29, 0.717) is 11.4 Å². The Hall–Kier alpha value is -3.80. The average Bonchev–Trinajstić information content (AvgIpc) is 3.09. The molecule has 0 radical (unpaired) electrons. The first kappa shape index (κ1) is 19.5. The number of hydrogen-bond acceptors (Lipinski definition) is 5. The summed E-state index contributed by atoms with van der Waals surface area (Å²) in [4.78, 5) is 13.3. The van der Waals surface area contributed by atoms with Gasteiger partial charge in [0.05, 0.1) is 18.5 Å². The van der Waals surface area contributed by atoms with E-state index in [0.717, 1.165) is 28.1 Å². The highest BCUT2D eigenvalue weighted by atomic mass is 16.5. The van der Waals surface area contributed by atoms with Crippen LogP contribution in [0.4, 0.5) is 11.4 Å². The molecule has 1 heterocycles. The van der Waals surface area contributed by atoms with Crippen LogP contribution >= 0.6 is 0 Å². The fraction of sp³-hybridized carbons (Fsp3) is 0.167. The zero-order valence-electron chi connectivity index (χ0n) is 17.1. The van der Waals surface area contributed by atoms with Crippen LogP contribution in [-0.4, -0.2) is 24.8 Å². The van der Waals surface area contributed by atoms with E-state index in [1.54, 1.807) is 31.4 Å². The maximum absolute atomic E-state index is 13.3. The molecule has 4 rings (SSSR count). The monoisotopic (exact) mass is 398 g/mol. The first-order valence-electron chi connectivity index (χ1n) is 9.67. The normalized spacial score (nSPS) is 16.2. The minimum absolute atomic E-state index is 0.224. The molecular formula is C24H22N4O2. The first-order chi connectivity index (χ1) is 14.6. The smallest absolute Gasteiger partial charge is 0.280 e. The number of amides is 1. The summed E-state index contributed by atoms with van der Waals surface area (Å²) >= 11 is 0. The predicted octanol–water partition coefficient (Wildman–Crippen LogP) is 5.22. The average molecular weight is 398 g/mol. The molecule has 0 aromatic heterocycles. The second-order valence-corrected chi connectivity index (χ2v) is 7.11. The lowest BCUT2D eigenvalue weighted by molar-refractivity contribution is -0.117. The topological polar surface area (TPSA) is 66.6 Å². The number of anilines is 1. The van der Waals surface area contributed by atoms with Gasteiger partial charge in [-0.3, -0.25) is 4.79 Å². The number of hydrogen-bond donors (Lipinski definition) is 0. The number of nitrogens with zero attached hydrogens (tertiary/aromatic N) is 4. The van der Waals surface area contributed by atoms with E-state index in [9.17, 15) is 4.79 Å². The minimum atomic E-state index is -0.810. The maximum Gasteiger partial charge on any atom is 0.280 e. The fourth-order valence-electron chi connectivity index (χ4n) is 3.36. The molecule has 1 aliphatic heterocycles. The third kappa shape index (κ3) is 3.85. The van der Waals surface area contributed by atoms with E-state index in [1.807, 2.05) is 62.4 Å². The third-order valence-electron chi connectivity index (χ3n) is 4.92. The lowest BCUT2D eigenvalue weighted by Gasteiger charge is -2.15. The lowest BCUT2D eigenvalue weighted by Crippen LogP contribution is -2.31. The Labute approximate surface area is 175 Å². The van der Waals surface area contributed by atoms with Gasteiger partial charge in [-0.2, -0.15) is 20.3 Å². The Morgan fingerprint density at radius 3 is 2.37 bits per heavy atom. The summed E-state index contributed by atoms with van der Waals surface area (Å²) in [5.41, 5.74) is 4.93. The Kier molecular flexibility index (Phi) is 5.39. The summed E-state index contributed by atoms with van der Waals surface area (Å²) in [6.45, 7) is 3.99. The van der Waals surface area contributed by atoms with Crippen molar-refractivity contribution in [1.82, 2.24) is 0 Å². The van der Waals surface area contributed by atoms with E-state index in [-0.39, 0.29) is 5.91 Å². The molecule has 1 aliphatic rings. The van der Waals surface area contributed by atoms with Crippen molar-refractivity contribution in [2.45, 2.75) is 19.9 Å². The van der Waals surface area contributed by atoms with Gasteiger partial charge in [0.2, 0.25) is 0 Å². The molecular weight excluding hydrogens is 376 g/mol. The van der Waals surface area contributed by atoms with Crippen molar-refractivity contribution in [3.05, 3.63) is 89.5 Å². The van der Waals surface area contributed by atoms with E-state index in [4.69, 9.17) is 4.74 Å². The molecule has 1 unspecified atom stereocenters. The zero-order chi connectivity index (χ0) is 21.1. The van der Waals surface area contributed by atoms with E-state index < -0.39 is 6.04 Å². The molecule has 0 bridgehead atoms. The number of aryl methyl sites for hydroxylation is 2. The Bertz CT molecular complexity index is 1120. The third-order valence-corrected chi connectivity index (χ3v) is 4.92. The van der Waals surface area contributed by atoms with Gasteiger partial charge in [-0.1, -0.05) is 48.0 Å². The fourth-order valence-corrected chi connectivity index (χ4v) is 3.36. The van der Waals surface area contributed by atoms with E-state index >= 15 is 0 Å². The molecule has 0 spiro atoms. The van der Waals surface area contributed by atoms with E-state index in [1.165, 1.54) is 5.01 Å². The molecule has 0 saturated heterocycles. The minimum Gasteiger partial charge on any atom is -0.497 e. The van der Waals surface area contributed by atoms with Crippen molar-refractivity contribution in [3.8, 4) is 5.75 Å². The number of hydrazone groups is 1. The van der Waals surface area contributed by atoms with Gasteiger partial charge in [-0.05, 0) is 49.7 Å². The molecule has 1 atom stereocenters. The van der Waals surface area contributed by atoms with Gasteiger partial charge in [0, 0.05) is 5.56 Å². The Morgan fingerprint density at radius 2 is 1.70 bits per heavy atom. The van der Waals surface area contributed by atoms with Crippen LogP contribution in [0.5, 0.6) is 5.75 Å². The summed E-state index contributed by atoms with van der Waals surface area (Å²) < 4.78 is 5.17. The highest BCUT2D eigenvalue weighted by molar-refractivity contribution is 6.24. The summed E-state index contributed by atoms with van der Waals surface area (Å²) in [6, 6.07) is 21.9. The standard InChI is InChI=1S/C24H22N4O2/c1-16-9-14-21(17(2)15-16)28-24(29)23(22(27-28)18-7-5-4-6-8-18)26-25-19-10-12-20(30-3)13-11-19/h4-15,23H,1-3H3. The number of benzene rings is 3. The molecule has 0 N–H and O–H groups in total. The summed E-state index contributed by atoms with van der Waals surface area (Å²) in [5, 5.41) is 14.8. The quantitative estimate of drug-likeness (QED) is 0.553. The van der Waals surface area contributed by atoms with Gasteiger partial charge in [0.25, 0.3) is 5.91 Å². The molecule has 30 heavy (non-hydrogen) atoms. The van der Waals surface area contributed by atoms with Crippen LogP contribution in [0.2, 0.25) is 0 Å². The number of ether oxygens (including phenoxy) is 1. The van der Waals surface area contributed by atoms with Crippen molar-refractivity contribution in [1.29, 1.82) is 0 Å². The maximum atomic E-state index is 13.3. The Balaban J connectivity index is 1.71. The number of rotatable bonds is 5.